The van der Waals surface area contributed by atoms with Gasteiger partial charge in [-0.3, -0.25) is 4.79 Å². The lowest BCUT2D eigenvalue weighted by molar-refractivity contribution is -0.141. The van der Waals surface area contributed by atoms with Crippen molar-refractivity contribution in [3.8, 4) is 0 Å². The van der Waals surface area contributed by atoms with Crippen LogP contribution in [0.4, 0.5) is 0 Å². The Labute approximate surface area is 57.3 Å². The first-order valence-electron chi connectivity index (χ1n) is 2.24. The van der Waals surface area contributed by atoms with E-state index < -0.39 is 0 Å². The maximum atomic E-state index is 10.4. The van der Waals surface area contributed by atoms with Gasteiger partial charge in [-0.2, -0.15) is 0 Å². The Kier molecular flexibility index (Phi) is 3.87. The number of ether oxygens (including phenoxy) is 1. The summed E-state index contributed by atoms with van der Waals surface area (Å²) in [7, 11) is 2.98. The molecule has 0 saturated heterocycles. The monoisotopic (exact) mass is 179 g/mol. The van der Waals surface area contributed by atoms with Crippen LogP contribution in [-0.4, -0.2) is 11.3 Å². The predicted octanol–water partition coefficient (Wildman–Crippen LogP) is 1.35. The average molecular weight is 180 g/mol. The van der Waals surface area contributed by atoms with Gasteiger partial charge in [-0.15, -0.1) is 0 Å². The van der Waals surface area contributed by atoms with Gasteiger partial charge < -0.3 is 4.74 Å². The van der Waals surface area contributed by atoms with E-state index in [0.717, 1.165) is 0 Å². The third kappa shape index (κ3) is 2.31. The first-order chi connectivity index (χ1) is 3.72. The van der Waals surface area contributed by atoms with Gasteiger partial charge in [0.25, 0.3) is 0 Å². The maximum absolute atomic E-state index is 10.4. The molecular weight excluding hydrogens is 172 g/mol. The average Bonchev–Trinajstić information content (AvgIpc) is 1.84. The van der Waals surface area contributed by atoms with E-state index in [-0.39, 0.29) is 11.9 Å². The Morgan fingerprint density at radius 2 is 2.50 bits per heavy atom. The molecule has 0 aliphatic heterocycles. The molecule has 0 N–H and O–H groups in total. The Hall–Kier alpha value is -0.0500. The van der Waals surface area contributed by atoms with Crippen molar-refractivity contribution in [1.29, 1.82) is 0 Å². The first kappa shape index (κ1) is 7.95. The van der Waals surface area contributed by atoms with E-state index in [1.54, 1.807) is 6.92 Å². The molecule has 8 heavy (non-hydrogen) atoms. The number of hydrogen-bond donors (Lipinski definition) is 0. The van der Waals surface area contributed by atoms with Crippen molar-refractivity contribution in [2.75, 3.05) is 5.33 Å². The van der Waals surface area contributed by atoms with E-state index >= 15 is 0 Å². The van der Waals surface area contributed by atoms with E-state index in [9.17, 15) is 4.79 Å². The molecule has 0 aromatic rings. The fraction of sp³-hybridized carbons (Fsp3) is 0.600. The number of halogens is 1. The molecule has 0 heterocycles. The molecule has 0 bridgehead atoms. The summed E-state index contributed by atoms with van der Waals surface area (Å²) in [5, 5.41) is 0.626. The second-order valence-electron chi connectivity index (χ2n) is 1.52. The summed E-state index contributed by atoms with van der Waals surface area (Å²) in [6.07, 6.45) is 0. The van der Waals surface area contributed by atoms with Crippen molar-refractivity contribution in [3.05, 3.63) is 7.11 Å². The van der Waals surface area contributed by atoms with Crippen LogP contribution in [0.2, 0.25) is 0 Å². The van der Waals surface area contributed by atoms with Gasteiger partial charge in [0.2, 0.25) is 0 Å². The van der Waals surface area contributed by atoms with E-state index in [1.807, 2.05) is 0 Å². The molecule has 0 spiro atoms. The fourth-order valence-corrected chi connectivity index (χ4v) is 0.470. The number of carbonyl (C=O) groups is 1. The minimum atomic E-state index is -0.276. The second-order valence-corrected chi connectivity index (χ2v) is 2.17. The van der Waals surface area contributed by atoms with Crippen molar-refractivity contribution in [2.24, 2.45) is 5.92 Å². The zero-order valence-corrected chi connectivity index (χ0v) is 6.27. The molecule has 0 amide bonds. The number of rotatable bonds is 2. The molecule has 0 aliphatic carbocycles. The van der Waals surface area contributed by atoms with E-state index in [1.165, 1.54) is 0 Å². The summed E-state index contributed by atoms with van der Waals surface area (Å²) >= 11 is 3.13. The summed E-state index contributed by atoms with van der Waals surface area (Å²) in [6.45, 7) is 1.77. The minimum Gasteiger partial charge on any atom is -0.462 e. The number of esters is 1. The van der Waals surface area contributed by atoms with Crippen LogP contribution >= 0.6 is 15.9 Å². The van der Waals surface area contributed by atoms with Gasteiger partial charge in [0.1, 0.15) is 7.11 Å². The third-order valence-corrected chi connectivity index (χ3v) is 1.75. The van der Waals surface area contributed by atoms with Crippen LogP contribution in [0.25, 0.3) is 0 Å². The molecule has 0 aliphatic rings. The van der Waals surface area contributed by atoms with Crippen molar-refractivity contribution in [1.82, 2.24) is 0 Å². The highest BCUT2D eigenvalue weighted by molar-refractivity contribution is 9.09. The van der Waals surface area contributed by atoms with E-state index in [4.69, 9.17) is 0 Å². The molecule has 1 unspecified atom stereocenters. The molecule has 2 nitrogen and oxygen atoms in total. The van der Waals surface area contributed by atoms with E-state index in [0.29, 0.717) is 5.33 Å². The second kappa shape index (κ2) is 3.89. The smallest absolute Gasteiger partial charge is 0.309 e. The zero-order chi connectivity index (χ0) is 6.57. The van der Waals surface area contributed by atoms with Gasteiger partial charge >= 0.3 is 5.97 Å². The molecule has 0 aromatic carbocycles. The van der Waals surface area contributed by atoms with Crippen LogP contribution in [0.5, 0.6) is 0 Å². The van der Waals surface area contributed by atoms with Gasteiger partial charge in [0.05, 0.1) is 5.92 Å². The molecule has 1 radical (unpaired) electrons. The van der Waals surface area contributed by atoms with Gasteiger partial charge in [-0.25, -0.2) is 0 Å². The van der Waals surface area contributed by atoms with Crippen LogP contribution in [0.1, 0.15) is 6.92 Å². The number of carbonyl (C=O) groups excluding carboxylic acids is 1. The summed E-state index contributed by atoms with van der Waals surface area (Å²) in [6, 6.07) is 0. The normalized spacial score (nSPS) is 12.9. The minimum absolute atomic E-state index is 0.0903. The molecule has 3 heteroatoms. The summed E-state index contributed by atoms with van der Waals surface area (Å²) in [5.41, 5.74) is 0. The van der Waals surface area contributed by atoms with Crippen LogP contribution < -0.4 is 0 Å². The van der Waals surface area contributed by atoms with Gasteiger partial charge in [-0.1, -0.05) is 22.9 Å². The Morgan fingerprint density at radius 3 is 2.62 bits per heavy atom. The van der Waals surface area contributed by atoms with E-state index in [2.05, 4.69) is 27.8 Å². The lowest BCUT2D eigenvalue weighted by atomic mass is 10.2. The highest BCUT2D eigenvalue weighted by Crippen LogP contribution is 2.00. The van der Waals surface area contributed by atoms with Crippen molar-refractivity contribution < 1.29 is 9.53 Å². The fourth-order valence-electron chi connectivity index (χ4n) is 0.205. The quantitative estimate of drug-likeness (QED) is 0.473. The molecule has 0 saturated carbocycles. The molecule has 0 fully saturated rings. The predicted molar refractivity (Wildman–Crippen MR) is 34.4 cm³/mol. The topological polar surface area (TPSA) is 26.3 Å². The van der Waals surface area contributed by atoms with Crippen LogP contribution in [0, 0.1) is 13.0 Å². The van der Waals surface area contributed by atoms with Gasteiger partial charge in [-0.05, 0) is 0 Å². The lowest BCUT2D eigenvalue weighted by Crippen LogP contribution is -2.12. The molecular formula is C5H8BrO2. The van der Waals surface area contributed by atoms with Gasteiger partial charge in [0, 0.05) is 5.33 Å². The van der Waals surface area contributed by atoms with Gasteiger partial charge in [0.15, 0.2) is 0 Å². The molecule has 47 valence electrons. The Bertz CT molecular complexity index is 82.5. The SMILES string of the molecule is [CH2]OC(=O)C(C)CBr. The van der Waals surface area contributed by atoms with Crippen molar-refractivity contribution in [3.63, 3.8) is 0 Å². The highest BCUT2D eigenvalue weighted by atomic mass is 79.9. The van der Waals surface area contributed by atoms with Crippen molar-refractivity contribution >= 4 is 21.9 Å². The zero-order valence-electron chi connectivity index (χ0n) is 4.69. The Balaban J connectivity index is 3.46. The van der Waals surface area contributed by atoms with Crippen LogP contribution in [0.3, 0.4) is 0 Å². The van der Waals surface area contributed by atoms with Crippen molar-refractivity contribution in [2.45, 2.75) is 6.92 Å². The number of hydrogen-bond acceptors (Lipinski definition) is 2. The maximum Gasteiger partial charge on any atom is 0.309 e. The standard InChI is InChI=1S/C5H8BrO2/c1-4(3-6)5(7)8-2/h4H,2-3H2,1H3. The third-order valence-electron chi connectivity index (χ3n) is 0.776. The summed E-state index contributed by atoms with van der Waals surface area (Å²) in [5.74, 6) is -0.366. The van der Waals surface area contributed by atoms with Crippen LogP contribution in [0.15, 0.2) is 0 Å². The highest BCUT2D eigenvalue weighted by Gasteiger charge is 2.09. The van der Waals surface area contributed by atoms with Crippen LogP contribution in [-0.2, 0) is 9.53 Å². The molecule has 0 rings (SSSR count). The molecule has 0 aromatic heterocycles. The lowest BCUT2D eigenvalue weighted by Gasteiger charge is -2.01. The first-order valence-corrected chi connectivity index (χ1v) is 3.36. The molecule has 1 atom stereocenters. The summed E-state index contributed by atoms with van der Waals surface area (Å²) in [4.78, 5) is 10.4. The Morgan fingerprint density at radius 1 is 2.00 bits per heavy atom. The number of alkyl halides is 1. The largest absolute Gasteiger partial charge is 0.462 e. The summed E-state index contributed by atoms with van der Waals surface area (Å²) < 4.78 is 4.18.